The van der Waals surface area contributed by atoms with Gasteiger partial charge in [-0.15, -0.1) is 0 Å². The number of anilines is 1. The van der Waals surface area contributed by atoms with Crippen LogP contribution in [0, 0.1) is 0 Å². The highest BCUT2D eigenvalue weighted by Gasteiger charge is 2.56. The number of hydrogen-bond acceptors (Lipinski definition) is 15. The number of carbonyl (C=O) groups excluding carboxylic acids is 5. The number of aromatic nitrogens is 4. The van der Waals surface area contributed by atoms with Crippen LogP contribution in [0.4, 0.5) is 5.95 Å². The van der Waals surface area contributed by atoms with Crippen LogP contribution < -0.4 is 5.73 Å². The highest BCUT2D eigenvalue weighted by atomic mass is 35.5. The molecule has 0 bridgehead atoms. The van der Waals surface area contributed by atoms with Gasteiger partial charge in [0, 0.05) is 0 Å². The van der Waals surface area contributed by atoms with E-state index in [1.54, 1.807) is 91.0 Å². The van der Waals surface area contributed by atoms with Crippen molar-refractivity contribution in [2.45, 2.75) is 36.7 Å². The van der Waals surface area contributed by atoms with Crippen LogP contribution in [0.25, 0.3) is 11.2 Å². The van der Waals surface area contributed by atoms with E-state index in [9.17, 15) is 24.0 Å². The number of carbonyl (C=O) groups is 5. The van der Waals surface area contributed by atoms with E-state index < -0.39 is 73.2 Å². The Bertz CT molecular complexity index is 2770. The van der Waals surface area contributed by atoms with Crippen molar-refractivity contribution in [2.75, 3.05) is 12.3 Å². The monoisotopic (exact) mass is 881 g/mol. The van der Waals surface area contributed by atoms with E-state index in [1.165, 1.54) is 71.6 Å². The molecular weight excluding hydrogens is 846 g/mol. The van der Waals surface area contributed by atoms with Gasteiger partial charge in [-0.1, -0.05) is 103 Å². The van der Waals surface area contributed by atoms with Crippen molar-refractivity contribution < 1.29 is 52.4 Å². The van der Waals surface area contributed by atoms with Gasteiger partial charge in [0.2, 0.25) is 5.95 Å². The zero-order chi connectivity index (χ0) is 44.6. The summed E-state index contributed by atoms with van der Waals surface area (Å²) in [5, 5.41) is -0.141. The number of nitrogens with zero attached hydrogens (tertiary/aromatic N) is 4. The SMILES string of the molecule is Nc1nc(Cl)c2ncn([C@@H]3O[C@H](COC(=O)c4ccccc4)[C@@H](OC(=O)c4ccccc4)[C@H](OC(=O)c4ccccc4)[C@@H](OC(=O)c4ccccc4)[C@H]3OC(=O)c3ccccc3)c2n1. The molecule has 2 N–H and O–H groups in total. The molecule has 64 heavy (non-hydrogen) atoms. The van der Waals surface area contributed by atoms with E-state index in [2.05, 4.69) is 15.0 Å². The highest BCUT2D eigenvalue weighted by Crippen LogP contribution is 2.38. The van der Waals surface area contributed by atoms with Gasteiger partial charge in [-0.3, -0.25) is 4.57 Å². The van der Waals surface area contributed by atoms with Crippen molar-refractivity contribution in [1.29, 1.82) is 0 Å². The molecule has 1 fully saturated rings. The number of esters is 5. The summed E-state index contributed by atoms with van der Waals surface area (Å²) in [4.78, 5) is 83.5. The third-order valence-corrected chi connectivity index (χ3v) is 10.3. The van der Waals surface area contributed by atoms with Crippen LogP contribution in [-0.4, -0.2) is 86.5 Å². The summed E-state index contributed by atoms with van der Waals surface area (Å²) in [5.74, 6) is -4.85. The minimum absolute atomic E-state index is 0.0333. The third kappa shape index (κ3) is 9.57. The fourth-order valence-electron chi connectivity index (χ4n) is 6.94. The second-order valence-corrected chi connectivity index (χ2v) is 14.5. The summed E-state index contributed by atoms with van der Waals surface area (Å²) in [6.45, 7) is -0.681. The summed E-state index contributed by atoms with van der Waals surface area (Å²) in [6.07, 6.45) is -9.45. The first-order valence-electron chi connectivity index (χ1n) is 19.7. The van der Waals surface area contributed by atoms with E-state index in [0.29, 0.717) is 0 Å². The van der Waals surface area contributed by atoms with E-state index in [-0.39, 0.29) is 50.1 Å². The van der Waals surface area contributed by atoms with Gasteiger partial charge in [0.05, 0.1) is 34.1 Å². The molecule has 0 unspecified atom stereocenters. The van der Waals surface area contributed by atoms with Gasteiger partial charge in [0.1, 0.15) is 18.2 Å². The Morgan fingerprint density at radius 2 is 0.906 bits per heavy atom. The topological polar surface area (TPSA) is 210 Å². The molecule has 0 aliphatic carbocycles. The van der Waals surface area contributed by atoms with Gasteiger partial charge in [-0.2, -0.15) is 9.97 Å². The van der Waals surface area contributed by atoms with Crippen LogP contribution in [0.15, 0.2) is 158 Å². The maximum absolute atomic E-state index is 14.3. The van der Waals surface area contributed by atoms with E-state index >= 15 is 0 Å². The number of ether oxygens (including phenoxy) is 6. The molecule has 5 aromatic carbocycles. The number of nitrogen functional groups attached to an aromatic ring is 1. The maximum atomic E-state index is 14.3. The van der Waals surface area contributed by atoms with E-state index in [1.807, 2.05) is 0 Å². The fourth-order valence-corrected chi connectivity index (χ4v) is 7.16. The van der Waals surface area contributed by atoms with Gasteiger partial charge < -0.3 is 34.2 Å². The Kier molecular flexibility index (Phi) is 13.0. The average molecular weight is 882 g/mol. The van der Waals surface area contributed by atoms with Crippen molar-refractivity contribution in [3.8, 4) is 0 Å². The molecule has 16 nitrogen and oxygen atoms in total. The van der Waals surface area contributed by atoms with Crippen molar-refractivity contribution in [3.63, 3.8) is 0 Å². The first kappa shape index (κ1) is 42.7. The number of fused-ring (bicyclic) bond motifs is 1. The number of benzene rings is 5. The van der Waals surface area contributed by atoms with Crippen LogP contribution in [0.5, 0.6) is 0 Å². The van der Waals surface area contributed by atoms with Crippen LogP contribution in [0.1, 0.15) is 58.0 Å². The van der Waals surface area contributed by atoms with Crippen LogP contribution in [0.3, 0.4) is 0 Å². The van der Waals surface area contributed by atoms with Crippen LogP contribution >= 0.6 is 11.6 Å². The summed E-state index contributed by atoms with van der Waals surface area (Å²) >= 11 is 6.49. The molecule has 1 saturated heterocycles. The molecule has 8 rings (SSSR count). The molecule has 3 heterocycles. The number of rotatable bonds is 12. The second-order valence-electron chi connectivity index (χ2n) is 14.2. The Labute approximate surface area is 369 Å². The average Bonchev–Trinajstić information content (AvgIpc) is 3.72. The normalized spacial score (nSPS) is 19.4. The first-order valence-corrected chi connectivity index (χ1v) is 20.1. The van der Waals surface area contributed by atoms with E-state index in [0.717, 1.165) is 0 Å². The molecular formula is C47H36ClN5O11. The molecule has 2 aromatic heterocycles. The molecule has 1 aliphatic rings. The van der Waals surface area contributed by atoms with Gasteiger partial charge in [0.25, 0.3) is 0 Å². The molecule has 322 valence electrons. The third-order valence-electron chi connectivity index (χ3n) is 10.0. The molecule has 1 aliphatic heterocycles. The van der Waals surface area contributed by atoms with Crippen LogP contribution in [-0.2, 0) is 28.4 Å². The van der Waals surface area contributed by atoms with Crippen molar-refractivity contribution in [1.82, 2.24) is 19.5 Å². The standard InChI is InChI=1S/C47H36ClN5O11/c48-39-34-40(52-47(49)51-39)53(27-50-34)41-38(64-46(58)32-24-14-5-15-25-32)37(63-45(57)31-22-12-4-13-23-31)36(62-44(56)30-20-10-3-11-21-30)35(61-43(55)29-18-8-2-9-19-29)33(60-41)26-59-42(54)28-16-6-1-7-17-28/h1-25,27,33,35-38,41H,26H2,(H2,49,51,52)/t33-,35-,36+,37-,38-,41-/m1/s1. The lowest BCUT2D eigenvalue weighted by atomic mass is 9.98. The fraction of sp³-hybridized carbons (Fsp3) is 0.149. The summed E-state index contributed by atoms with van der Waals surface area (Å²) in [6, 6.07) is 39.5. The second kappa shape index (κ2) is 19.4. The molecule has 17 heteroatoms. The predicted octanol–water partition coefficient (Wildman–Crippen LogP) is 6.72. The Morgan fingerprint density at radius 1 is 0.531 bits per heavy atom. The molecule has 0 spiro atoms. The number of imidazole rings is 1. The zero-order valence-corrected chi connectivity index (χ0v) is 34.2. The van der Waals surface area contributed by atoms with Crippen molar-refractivity contribution >= 4 is 58.6 Å². The van der Waals surface area contributed by atoms with E-state index in [4.69, 9.17) is 45.8 Å². The number of halogens is 1. The van der Waals surface area contributed by atoms with Gasteiger partial charge >= 0.3 is 29.8 Å². The Hall–Kier alpha value is -7.95. The van der Waals surface area contributed by atoms with Crippen molar-refractivity contribution in [3.05, 3.63) is 191 Å². The number of hydrogen-bond donors (Lipinski definition) is 1. The summed E-state index contributed by atoms with van der Waals surface area (Å²) in [7, 11) is 0. The summed E-state index contributed by atoms with van der Waals surface area (Å²) in [5.41, 5.74) is 6.50. The zero-order valence-electron chi connectivity index (χ0n) is 33.4. The molecule has 0 radical (unpaired) electrons. The largest absolute Gasteiger partial charge is 0.459 e. The molecule has 0 saturated carbocycles. The lowest BCUT2D eigenvalue weighted by Gasteiger charge is -2.35. The lowest BCUT2D eigenvalue weighted by Crippen LogP contribution is -2.54. The quantitative estimate of drug-likeness (QED) is 0.0767. The molecule has 6 atom stereocenters. The maximum Gasteiger partial charge on any atom is 0.338 e. The first-order chi connectivity index (χ1) is 31.1. The van der Waals surface area contributed by atoms with Crippen molar-refractivity contribution in [2.24, 2.45) is 0 Å². The Morgan fingerprint density at radius 3 is 1.34 bits per heavy atom. The lowest BCUT2D eigenvalue weighted by molar-refractivity contribution is -0.153. The Balaban J connectivity index is 1.35. The number of nitrogens with two attached hydrogens (primary N) is 1. The smallest absolute Gasteiger partial charge is 0.338 e. The predicted molar refractivity (Wildman–Crippen MR) is 228 cm³/mol. The van der Waals surface area contributed by atoms with Crippen LogP contribution in [0.2, 0.25) is 5.15 Å². The highest BCUT2D eigenvalue weighted by molar-refractivity contribution is 6.33. The minimum Gasteiger partial charge on any atom is -0.459 e. The molecule has 7 aromatic rings. The summed E-state index contributed by atoms with van der Waals surface area (Å²) < 4.78 is 39.1. The van der Waals surface area contributed by atoms with Gasteiger partial charge in [-0.25, -0.2) is 29.0 Å². The van der Waals surface area contributed by atoms with Gasteiger partial charge in [0.15, 0.2) is 41.4 Å². The minimum atomic E-state index is -1.89. The van der Waals surface area contributed by atoms with Gasteiger partial charge in [-0.05, 0) is 60.7 Å². The molecule has 0 amide bonds.